The van der Waals surface area contributed by atoms with E-state index in [-0.39, 0.29) is 0 Å². The van der Waals surface area contributed by atoms with Crippen LogP contribution in [0.25, 0.3) is 0 Å². The minimum atomic E-state index is -0.930. The highest BCUT2D eigenvalue weighted by atomic mass is 28.3. The standard InChI is InChI=1S/C25H38N2Si/c1-17(2)21-15-20(19-11-13-28(5,6)14-12-19)16-22(18(3)4)25(21)27-24-10-8-7-9-23(24)26/h7-10,15-19,27H,11-14,26H2,1-6H3. The first-order valence-electron chi connectivity index (χ1n) is 11.0. The van der Waals surface area contributed by atoms with Crippen LogP contribution in [-0.4, -0.2) is 8.07 Å². The number of rotatable bonds is 5. The zero-order chi connectivity index (χ0) is 20.5. The van der Waals surface area contributed by atoms with Crippen molar-refractivity contribution in [2.24, 2.45) is 0 Å². The Morgan fingerprint density at radius 1 is 0.929 bits per heavy atom. The van der Waals surface area contributed by atoms with Gasteiger partial charge in [0.2, 0.25) is 0 Å². The predicted octanol–water partition coefficient (Wildman–Crippen LogP) is 7.85. The van der Waals surface area contributed by atoms with Gasteiger partial charge in [-0.05, 0) is 59.4 Å². The van der Waals surface area contributed by atoms with Gasteiger partial charge in [-0.25, -0.2) is 0 Å². The van der Waals surface area contributed by atoms with E-state index >= 15 is 0 Å². The molecular formula is C25H38N2Si. The largest absolute Gasteiger partial charge is 0.397 e. The van der Waals surface area contributed by atoms with Crippen molar-refractivity contribution < 1.29 is 0 Å². The minimum absolute atomic E-state index is 0.472. The molecule has 0 amide bonds. The van der Waals surface area contributed by atoms with Gasteiger partial charge in [-0.2, -0.15) is 0 Å². The molecule has 2 nitrogen and oxygen atoms in total. The monoisotopic (exact) mass is 394 g/mol. The summed E-state index contributed by atoms with van der Waals surface area (Å²) in [6, 6.07) is 16.0. The molecule has 0 spiro atoms. The molecule has 2 aromatic rings. The van der Waals surface area contributed by atoms with E-state index in [2.05, 4.69) is 64.3 Å². The smallest absolute Gasteiger partial charge is 0.0618 e. The number of hydrogen-bond donors (Lipinski definition) is 2. The summed E-state index contributed by atoms with van der Waals surface area (Å²) in [4.78, 5) is 0. The molecule has 1 fully saturated rings. The molecule has 3 N–H and O–H groups in total. The van der Waals surface area contributed by atoms with Crippen molar-refractivity contribution in [1.29, 1.82) is 0 Å². The second kappa shape index (κ2) is 8.32. The zero-order valence-electron chi connectivity index (χ0n) is 18.6. The normalized spacial score (nSPS) is 17.3. The Bertz CT molecular complexity index is 784. The van der Waals surface area contributed by atoms with E-state index in [1.807, 2.05) is 18.2 Å². The maximum atomic E-state index is 6.23. The molecule has 0 atom stereocenters. The lowest BCUT2D eigenvalue weighted by Crippen LogP contribution is -2.30. The zero-order valence-corrected chi connectivity index (χ0v) is 19.6. The lowest BCUT2D eigenvalue weighted by Gasteiger charge is -2.34. The van der Waals surface area contributed by atoms with Gasteiger partial charge in [-0.15, -0.1) is 0 Å². The van der Waals surface area contributed by atoms with Gasteiger partial charge in [-0.3, -0.25) is 0 Å². The summed E-state index contributed by atoms with van der Waals surface area (Å²) >= 11 is 0. The van der Waals surface area contributed by atoms with Crippen LogP contribution in [0.15, 0.2) is 36.4 Å². The van der Waals surface area contributed by atoms with Crippen LogP contribution in [0.3, 0.4) is 0 Å². The average Bonchev–Trinajstić information content (AvgIpc) is 2.63. The Balaban J connectivity index is 2.03. The summed E-state index contributed by atoms with van der Waals surface area (Å²) in [5, 5.41) is 3.70. The van der Waals surface area contributed by atoms with Crippen LogP contribution in [0.1, 0.15) is 75.0 Å². The molecule has 3 rings (SSSR count). The number of para-hydroxylation sites is 2. The Kier molecular flexibility index (Phi) is 6.24. The number of anilines is 3. The van der Waals surface area contributed by atoms with Gasteiger partial charge in [0, 0.05) is 13.8 Å². The van der Waals surface area contributed by atoms with E-state index in [0.717, 1.165) is 17.3 Å². The molecule has 1 saturated heterocycles. The van der Waals surface area contributed by atoms with Crippen LogP contribution in [0.4, 0.5) is 17.1 Å². The second-order valence-corrected chi connectivity index (χ2v) is 15.4. The highest BCUT2D eigenvalue weighted by Crippen LogP contribution is 2.43. The van der Waals surface area contributed by atoms with Crippen LogP contribution in [0, 0.1) is 0 Å². The van der Waals surface area contributed by atoms with E-state index in [1.165, 1.54) is 41.7 Å². The van der Waals surface area contributed by atoms with Crippen molar-refractivity contribution in [2.45, 2.75) is 83.5 Å². The molecule has 3 heteroatoms. The first-order chi connectivity index (χ1) is 13.2. The SMILES string of the molecule is CC(C)c1cc(C2CC[Si](C)(C)CC2)cc(C(C)C)c1Nc1ccccc1N. The van der Waals surface area contributed by atoms with Crippen molar-refractivity contribution in [1.82, 2.24) is 0 Å². The van der Waals surface area contributed by atoms with Gasteiger partial charge in [0.1, 0.15) is 0 Å². The van der Waals surface area contributed by atoms with Gasteiger partial charge in [0.15, 0.2) is 0 Å². The third-order valence-electron chi connectivity index (χ3n) is 6.50. The van der Waals surface area contributed by atoms with Gasteiger partial charge in [-0.1, -0.05) is 77.1 Å². The second-order valence-electron chi connectivity index (χ2n) is 10.0. The summed E-state index contributed by atoms with van der Waals surface area (Å²) in [6.45, 7) is 14.3. The van der Waals surface area contributed by atoms with Crippen LogP contribution < -0.4 is 11.1 Å². The maximum absolute atomic E-state index is 6.23. The van der Waals surface area contributed by atoms with Gasteiger partial charge in [0.05, 0.1) is 11.4 Å². The molecule has 1 aliphatic rings. The average molecular weight is 395 g/mol. The maximum Gasteiger partial charge on any atom is 0.0618 e. The van der Waals surface area contributed by atoms with Crippen molar-refractivity contribution in [3.05, 3.63) is 53.1 Å². The van der Waals surface area contributed by atoms with Crippen molar-refractivity contribution >= 4 is 25.1 Å². The fourth-order valence-corrected chi connectivity index (χ4v) is 6.99. The first-order valence-corrected chi connectivity index (χ1v) is 14.4. The van der Waals surface area contributed by atoms with Crippen molar-refractivity contribution in [3.63, 3.8) is 0 Å². The van der Waals surface area contributed by atoms with Crippen LogP contribution in [-0.2, 0) is 0 Å². The van der Waals surface area contributed by atoms with E-state index in [0.29, 0.717) is 11.8 Å². The van der Waals surface area contributed by atoms with Gasteiger partial charge >= 0.3 is 0 Å². The summed E-state index contributed by atoms with van der Waals surface area (Å²) in [5.41, 5.74) is 13.7. The number of hydrogen-bond acceptors (Lipinski definition) is 2. The third kappa shape index (κ3) is 4.63. The highest BCUT2D eigenvalue weighted by Gasteiger charge is 2.30. The Morgan fingerprint density at radius 2 is 1.46 bits per heavy atom. The molecule has 2 aromatic carbocycles. The first kappa shape index (κ1) is 21.0. The van der Waals surface area contributed by atoms with Gasteiger partial charge < -0.3 is 11.1 Å². The van der Waals surface area contributed by atoms with E-state index in [1.54, 1.807) is 5.56 Å². The molecule has 0 unspecified atom stereocenters. The Hall–Kier alpha value is -1.74. The quantitative estimate of drug-likeness (QED) is 0.400. The summed E-state index contributed by atoms with van der Waals surface area (Å²) in [6.07, 6.45) is 2.74. The molecule has 0 saturated carbocycles. The van der Waals surface area contributed by atoms with Crippen molar-refractivity contribution in [2.75, 3.05) is 11.1 Å². The van der Waals surface area contributed by atoms with Gasteiger partial charge in [0.25, 0.3) is 0 Å². The molecule has 1 heterocycles. The van der Waals surface area contributed by atoms with E-state index in [9.17, 15) is 0 Å². The van der Waals surface area contributed by atoms with E-state index in [4.69, 9.17) is 5.73 Å². The third-order valence-corrected chi connectivity index (χ3v) is 9.78. The number of nitrogen functional groups attached to an aromatic ring is 1. The summed E-state index contributed by atoms with van der Waals surface area (Å²) in [7, 11) is -0.930. The van der Waals surface area contributed by atoms with Crippen LogP contribution >= 0.6 is 0 Å². The summed E-state index contributed by atoms with van der Waals surface area (Å²) in [5.74, 6) is 1.67. The Labute approximate surface area is 172 Å². The molecule has 0 aromatic heterocycles. The minimum Gasteiger partial charge on any atom is -0.397 e. The number of benzene rings is 2. The fraction of sp³-hybridized carbons (Fsp3) is 0.520. The topological polar surface area (TPSA) is 38.0 Å². The molecule has 152 valence electrons. The molecule has 0 radical (unpaired) electrons. The lowest BCUT2D eigenvalue weighted by atomic mass is 9.84. The van der Waals surface area contributed by atoms with Crippen molar-refractivity contribution in [3.8, 4) is 0 Å². The molecule has 0 aliphatic carbocycles. The molecular weight excluding hydrogens is 356 g/mol. The Morgan fingerprint density at radius 3 is 1.96 bits per heavy atom. The number of nitrogens with one attached hydrogen (secondary N) is 1. The number of nitrogens with two attached hydrogens (primary N) is 1. The summed E-state index contributed by atoms with van der Waals surface area (Å²) < 4.78 is 0. The van der Waals surface area contributed by atoms with Crippen LogP contribution in [0.5, 0.6) is 0 Å². The highest BCUT2D eigenvalue weighted by molar-refractivity contribution is 6.77. The lowest BCUT2D eigenvalue weighted by molar-refractivity contribution is 0.599. The fourth-order valence-electron chi connectivity index (χ4n) is 4.48. The predicted molar refractivity (Wildman–Crippen MR) is 128 cm³/mol. The molecule has 1 aliphatic heterocycles. The molecule has 28 heavy (non-hydrogen) atoms. The van der Waals surface area contributed by atoms with Crippen LogP contribution in [0.2, 0.25) is 25.2 Å². The molecule has 0 bridgehead atoms. The van der Waals surface area contributed by atoms with E-state index < -0.39 is 8.07 Å².